The molecule has 0 saturated heterocycles. The maximum atomic E-state index is 12.7. The standard InChI is InChI=1S/C23H23ClN2O3S/c1-17(19-10-12-20(24)13-11-19)25-23(27)16-18-8-14-21(15-9-18)26(2)30(28,29)22-6-4-3-5-7-22/h3-15,17H,16H2,1-2H3,(H,25,27). The Balaban J connectivity index is 1.64. The molecule has 3 rings (SSSR count). The van der Waals surface area contributed by atoms with Crippen molar-refractivity contribution in [2.75, 3.05) is 11.4 Å². The molecule has 7 heteroatoms. The van der Waals surface area contributed by atoms with Crippen LogP contribution in [0.25, 0.3) is 0 Å². The maximum absolute atomic E-state index is 12.7. The van der Waals surface area contributed by atoms with Crippen molar-refractivity contribution in [3.8, 4) is 0 Å². The number of nitrogens with zero attached hydrogens (tertiary/aromatic N) is 1. The van der Waals surface area contributed by atoms with Crippen molar-refractivity contribution in [2.45, 2.75) is 24.3 Å². The van der Waals surface area contributed by atoms with Gasteiger partial charge in [-0.15, -0.1) is 0 Å². The monoisotopic (exact) mass is 442 g/mol. The number of sulfonamides is 1. The summed E-state index contributed by atoms with van der Waals surface area (Å²) in [5, 5.41) is 3.61. The highest BCUT2D eigenvalue weighted by Crippen LogP contribution is 2.22. The molecule has 0 aromatic heterocycles. The van der Waals surface area contributed by atoms with Crippen molar-refractivity contribution in [1.82, 2.24) is 5.32 Å². The Labute approximate surface area is 182 Å². The molecular formula is C23H23ClN2O3S. The molecule has 5 nitrogen and oxygen atoms in total. The van der Waals surface area contributed by atoms with Gasteiger partial charge in [-0.3, -0.25) is 9.10 Å². The quantitative estimate of drug-likeness (QED) is 0.582. The average Bonchev–Trinajstić information content (AvgIpc) is 2.74. The fraction of sp³-hybridized carbons (Fsp3) is 0.174. The molecule has 1 N–H and O–H groups in total. The van der Waals surface area contributed by atoms with Gasteiger partial charge in [0.2, 0.25) is 5.91 Å². The van der Waals surface area contributed by atoms with E-state index in [0.717, 1.165) is 11.1 Å². The largest absolute Gasteiger partial charge is 0.349 e. The Morgan fingerprint density at radius 1 is 0.967 bits per heavy atom. The zero-order valence-corrected chi connectivity index (χ0v) is 18.3. The minimum Gasteiger partial charge on any atom is -0.349 e. The van der Waals surface area contributed by atoms with Gasteiger partial charge < -0.3 is 5.32 Å². The molecule has 0 bridgehead atoms. The Morgan fingerprint density at radius 3 is 2.17 bits per heavy atom. The molecule has 156 valence electrons. The van der Waals surface area contributed by atoms with E-state index in [2.05, 4.69) is 5.32 Å². The van der Waals surface area contributed by atoms with Gasteiger partial charge in [-0.1, -0.05) is 54.1 Å². The molecule has 0 aliphatic carbocycles. The zero-order chi connectivity index (χ0) is 21.7. The minimum atomic E-state index is -3.63. The number of halogens is 1. The molecule has 0 fully saturated rings. The van der Waals surface area contributed by atoms with Crippen LogP contribution in [-0.2, 0) is 21.2 Å². The SMILES string of the molecule is CC(NC(=O)Cc1ccc(N(C)S(=O)(=O)c2ccccc2)cc1)c1ccc(Cl)cc1. The highest BCUT2D eigenvalue weighted by atomic mass is 35.5. The van der Waals surface area contributed by atoms with Crippen molar-refractivity contribution in [3.05, 3.63) is 95.0 Å². The molecule has 0 radical (unpaired) electrons. The molecule has 0 heterocycles. The summed E-state index contributed by atoms with van der Waals surface area (Å²) in [6.45, 7) is 1.91. The van der Waals surface area contributed by atoms with Crippen LogP contribution in [0.4, 0.5) is 5.69 Å². The number of benzene rings is 3. The van der Waals surface area contributed by atoms with E-state index in [4.69, 9.17) is 11.6 Å². The third-order valence-electron chi connectivity index (χ3n) is 4.81. The number of amides is 1. The summed E-state index contributed by atoms with van der Waals surface area (Å²) in [6.07, 6.45) is 0.202. The van der Waals surface area contributed by atoms with E-state index in [0.29, 0.717) is 10.7 Å². The van der Waals surface area contributed by atoms with Crippen molar-refractivity contribution < 1.29 is 13.2 Å². The number of nitrogens with one attached hydrogen (secondary N) is 1. The molecule has 1 atom stereocenters. The van der Waals surface area contributed by atoms with E-state index < -0.39 is 10.0 Å². The summed E-state index contributed by atoms with van der Waals surface area (Å²) in [5.41, 5.74) is 2.29. The first kappa shape index (κ1) is 21.9. The predicted octanol–water partition coefficient (Wildman–Crippen LogP) is 4.59. The van der Waals surface area contributed by atoms with E-state index >= 15 is 0 Å². The molecule has 0 spiro atoms. The topological polar surface area (TPSA) is 66.5 Å². The lowest BCUT2D eigenvalue weighted by Gasteiger charge is -2.20. The molecule has 0 aliphatic rings. The van der Waals surface area contributed by atoms with E-state index in [1.807, 2.05) is 19.1 Å². The predicted molar refractivity (Wildman–Crippen MR) is 120 cm³/mol. The first-order valence-electron chi connectivity index (χ1n) is 9.45. The molecule has 1 amide bonds. The van der Waals surface area contributed by atoms with Gasteiger partial charge in [-0.25, -0.2) is 8.42 Å². The summed E-state index contributed by atoms with van der Waals surface area (Å²) < 4.78 is 26.7. The van der Waals surface area contributed by atoms with Crippen molar-refractivity contribution in [3.63, 3.8) is 0 Å². The van der Waals surface area contributed by atoms with Gasteiger partial charge >= 0.3 is 0 Å². The lowest BCUT2D eigenvalue weighted by atomic mass is 10.1. The van der Waals surface area contributed by atoms with E-state index in [1.54, 1.807) is 66.7 Å². The second kappa shape index (κ2) is 9.32. The van der Waals surface area contributed by atoms with Crippen LogP contribution in [0.1, 0.15) is 24.1 Å². The van der Waals surface area contributed by atoms with Crippen LogP contribution in [0.3, 0.4) is 0 Å². The van der Waals surface area contributed by atoms with Crippen LogP contribution in [-0.4, -0.2) is 21.4 Å². The van der Waals surface area contributed by atoms with Crippen molar-refractivity contribution in [2.24, 2.45) is 0 Å². The number of hydrogen-bond acceptors (Lipinski definition) is 3. The third-order valence-corrected chi connectivity index (χ3v) is 6.87. The third kappa shape index (κ3) is 5.20. The lowest BCUT2D eigenvalue weighted by molar-refractivity contribution is -0.121. The maximum Gasteiger partial charge on any atom is 0.264 e. The van der Waals surface area contributed by atoms with Crippen LogP contribution >= 0.6 is 11.6 Å². The van der Waals surface area contributed by atoms with Gasteiger partial charge in [0, 0.05) is 12.1 Å². The Kier molecular flexibility index (Phi) is 6.80. The highest BCUT2D eigenvalue weighted by Gasteiger charge is 2.21. The van der Waals surface area contributed by atoms with Crippen LogP contribution in [0.15, 0.2) is 83.8 Å². The lowest BCUT2D eigenvalue weighted by Crippen LogP contribution is -2.28. The minimum absolute atomic E-state index is 0.115. The van der Waals surface area contributed by atoms with Gasteiger partial charge in [0.15, 0.2) is 0 Å². The fourth-order valence-electron chi connectivity index (χ4n) is 3.03. The van der Waals surface area contributed by atoms with E-state index in [9.17, 15) is 13.2 Å². The van der Waals surface area contributed by atoms with Gasteiger partial charge in [0.05, 0.1) is 23.0 Å². The number of carbonyl (C=O) groups excluding carboxylic acids is 1. The van der Waals surface area contributed by atoms with Crippen LogP contribution in [0.2, 0.25) is 5.02 Å². The second-order valence-corrected chi connectivity index (χ2v) is 9.38. The summed E-state index contributed by atoms with van der Waals surface area (Å²) in [4.78, 5) is 12.6. The van der Waals surface area contributed by atoms with Crippen molar-refractivity contribution >= 4 is 33.2 Å². The summed E-state index contributed by atoms with van der Waals surface area (Å²) in [5.74, 6) is -0.115. The van der Waals surface area contributed by atoms with Gasteiger partial charge in [-0.2, -0.15) is 0 Å². The molecule has 30 heavy (non-hydrogen) atoms. The van der Waals surface area contributed by atoms with Crippen LogP contribution in [0, 0.1) is 0 Å². The molecule has 3 aromatic rings. The first-order valence-corrected chi connectivity index (χ1v) is 11.3. The fourth-order valence-corrected chi connectivity index (χ4v) is 4.37. The second-order valence-electron chi connectivity index (χ2n) is 6.97. The Morgan fingerprint density at radius 2 is 1.57 bits per heavy atom. The van der Waals surface area contributed by atoms with Crippen molar-refractivity contribution in [1.29, 1.82) is 0 Å². The van der Waals surface area contributed by atoms with Crippen LogP contribution in [0.5, 0.6) is 0 Å². The molecule has 0 aliphatic heterocycles. The molecule has 1 unspecified atom stereocenters. The number of anilines is 1. The Hall–Kier alpha value is -2.83. The summed E-state index contributed by atoms with van der Waals surface area (Å²) >= 11 is 5.90. The zero-order valence-electron chi connectivity index (χ0n) is 16.7. The van der Waals surface area contributed by atoms with Gasteiger partial charge in [0.1, 0.15) is 0 Å². The van der Waals surface area contributed by atoms with E-state index in [1.165, 1.54) is 11.4 Å². The highest BCUT2D eigenvalue weighted by molar-refractivity contribution is 7.92. The number of rotatable bonds is 7. The Bertz CT molecular complexity index is 1100. The van der Waals surface area contributed by atoms with Gasteiger partial charge in [-0.05, 0) is 54.4 Å². The average molecular weight is 443 g/mol. The van der Waals surface area contributed by atoms with E-state index in [-0.39, 0.29) is 23.3 Å². The molecule has 0 saturated carbocycles. The van der Waals surface area contributed by atoms with Gasteiger partial charge in [0.25, 0.3) is 10.0 Å². The smallest absolute Gasteiger partial charge is 0.264 e. The first-order chi connectivity index (χ1) is 14.3. The summed E-state index contributed by atoms with van der Waals surface area (Å²) in [6, 6.07) is 22.4. The summed E-state index contributed by atoms with van der Waals surface area (Å²) in [7, 11) is -2.12. The molecular weight excluding hydrogens is 420 g/mol. The molecule has 3 aromatic carbocycles. The van der Waals surface area contributed by atoms with Crippen LogP contribution < -0.4 is 9.62 Å². The normalized spacial score (nSPS) is 12.2. The number of carbonyl (C=O) groups is 1. The number of hydrogen-bond donors (Lipinski definition) is 1.